The van der Waals surface area contributed by atoms with E-state index in [1.807, 2.05) is 35.0 Å². The van der Waals surface area contributed by atoms with Gasteiger partial charge in [-0.2, -0.15) is 5.10 Å². The molecule has 5 heteroatoms. The van der Waals surface area contributed by atoms with E-state index in [0.717, 1.165) is 31.6 Å². The Morgan fingerprint density at radius 2 is 2.24 bits per heavy atom. The van der Waals surface area contributed by atoms with Crippen molar-refractivity contribution in [1.29, 1.82) is 0 Å². The molecule has 0 spiro atoms. The largest absolute Gasteiger partial charge is 0.457 e. The minimum absolute atomic E-state index is 0.289. The van der Waals surface area contributed by atoms with Crippen molar-refractivity contribution in [2.45, 2.75) is 19.6 Å². The molecule has 1 aliphatic heterocycles. The average Bonchev–Trinajstić information content (AvgIpc) is 3.18. The highest BCUT2D eigenvalue weighted by Crippen LogP contribution is 2.11. The number of carbonyl (C=O) groups excluding carboxylic acids is 1. The van der Waals surface area contributed by atoms with Crippen LogP contribution in [-0.2, 0) is 17.9 Å². The number of nitrogens with zero attached hydrogens (tertiary/aromatic N) is 2. The molecule has 1 N–H and O–H groups in total. The first kappa shape index (κ1) is 13.8. The standard InChI is InChI=1S/C16H19N3O2/c20-16(21-12-13-4-2-1-3-5-13)15-9-18-19(11-15)10-14-6-7-17-8-14/h1-5,9,11,14,17H,6-8,10,12H2. The third kappa shape index (κ3) is 3.70. The van der Waals surface area contributed by atoms with Gasteiger partial charge in [-0.15, -0.1) is 0 Å². The van der Waals surface area contributed by atoms with Gasteiger partial charge in [-0.05, 0) is 31.0 Å². The topological polar surface area (TPSA) is 56.1 Å². The van der Waals surface area contributed by atoms with Crippen molar-refractivity contribution in [3.05, 3.63) is 53.9 Å². The number of carbonyl (C=O) groups is 1. The summed E-state index contributed by atoms with van der Waals surface area (Å²) in [6, 6.07) is 9.66. The number of aromatic nitrogens is 2. The molecular formula is C16H19N3O2. The van der Waals surface area contributed by atoms with E-state index in [4.69, 9.17) is 4.74 Å². The first-order valence-corrected chi connectivity index (χ1v) is 7.25. The minimum atomic E-state index is -0.324. The summed E-state index contributed by atoms with van der Waals surface area (Å²) in [4.78, 5) is 12.0. The predicted molar refractivity (Wildman–Crippen MR) is 78.8 cm³/mol. The molecule has 1 aromatic heterocycles. The van der Waals surface area contributed by atoms with E-state index >= 15 is 0 Å². The van der Waals surface area contributed by atoms with Crippen LogP contribution in [0, 0.1) is 5.92 Å². The summed E-state index contributed by atoms with van der Waals surface area (Å²) in [5, 5.41) is 7.57. The lowest BCUT2D eigenvalue weighted by Gasteiger charge is -2.07. The Kier molecular flexibility index (Phi) is 4.31. The van der Waals surface area contributed by atoms with Crippen LogP contribution in [0.5, 0.6) is 0 Å². The van der Waals surface area contributed by atoms with Crippen LogP contribution in [-0.4, -0.2) is 28.8 Å². The van der Waals surface area contributed by atoms with Gasteiger partial charge in [0.25, 0.3) is 0 Å². The zero-order valence-corrected chi connectivity index (χ0v) is 11.9. The Morgan fingerprint density at radius 1 is 1.38 bits per heavy atom. The zero-order valence-electron chi connectivity index (χ0n) is 11.9. The summed E-state index contributed by atoms with van der Waals surface area (Å²) in [6.45, 7) is 3.22. The molecule has 0 radical (unpaired) electrons. The molecule has 1 saturated heterocycles. The van der Waals surface area contributed by atoms with Gasteiger partial charge in [0.15, 0.2) is 0 Å². The number of benzene rings is 1. The Labute approximate surface area is 123 Å². The summed E-state index contributed by atoms with van der Waals surface area (Å²) in [5.74, 6) is 0.271. The van der Waals surface area contributed by atoms with Gasteiger partial charge in [-0.25, -0.2) is 4.79 Å². The second-order valence-electron chi connectivity index (χ2n) is 5.37. The Morgan fingerprint density at radius 3 is 3.00 bits per heavy atom. The molecule has 110 valence electrons. The average molecular weight is 285 g/mol. The van der Waals surface area contributed by atoms with Gasteiger partial charge < -0.3 is 10.1 Å². The molecule has 0 bridgehead atoms. The molecule has 1 aromatic carbocycles. The molecule has 5 nitrogen and oxygen atoms in total. The molecule has 2 aromatic rings. The van der Waals surface area contributed by atoms with E-state index < -0.39 is 0 Å². The van der Waals surface area contributed by atoms with Gasteiger partial charge >= 0.3 is 5.97 Å². The SMILES string of the molecule is O=C(OCc1ccccc1)c1cnn(CC2CCNC2)c1. The van der Waals surface area contributed by atoms with Crippen LogP contribution in [0.25, 0.3) is 0 Å². The Bertz CT molecular complexity index is 589. The van der Waals surface area contributed by atoms with Gasteiger partial charge in [-0.1, -0.05) is 30.3 Å². The summed E-state index contributed by atoms with van der Waals surface area (Å²) >= 11 is 0. The fourth-order valence-electron chi connectivity index (χ4n) is 2.51. The van der Waals surface area contributed by atoms with Crippen LogP contribution in [0.1, 0.15) is 22.3 Å². The van der Waals surface area contributed by atoms with Gasteiger partial charge in [0.1, 0.15) is 6.61 Å². The predicted octanol–water partition coefficient (Wildman–Crippen LogP) is 1.85. The summed E-state index contributed by atoms with van der Waals surface area (Å²) in [7, 11) is 0. The zero-order chi connectivity index (χ0) is 14.5. The van der Waals surface area contributed by atoms with E-state index in [1.54, 1.807) is 12.4 Å². The lowest BCUT2D eigenvalue weighted by atomic mass is 10.1. The highest BCUT2D eigenvalue weighted by atomic mass is 16.5. The number of hydrogen-bond acceptors (Lipinski definition) is 4. The quantitative estimate of drug-likeness (QED) is 0.852. The highest BCUT2D eigenvalue weighted by Gasteiger charge is 2.16. The van der Waals surface area contributed by atoms with E-state index in [0.29, 0.717) is 11.5 Å². The molecule has 0 aliphatic carbocycles. The number of rotatable bonds is 5. The van der Waals surface area contributed by atoms with E-state index in [1.165, 1.54) is 0 Å². The van der Waals surface area contributed by atoms with Gasteiger partial charge in [0, 0.05) is 12.7 Å². The van der Waals surface area contributed by atoms with Crippen molar-refractivity contribution in [2.75, 3.05) is 13.1 Å². The normalized spacial score (nSPS) is 17.8. The Hall–Kier alpha value is -2.14. The van der Waals surface area contributed by atoms with E-state index in [9.17, 15) is 4.79 Å². The maximum absolute atomic E-state index is 12.0. The second kappa shape index (κ2) is 6.54. The van der Waals surface area contributed by atoms with E-state index in [-0.39, 0.29) is 12.6 Å². The van der Waals surface area contributed by atoms with Crippen LogP contribution in [0.15, 0.2) is 42.7 Å². The van der Waals surface area contributed by atoms with Crippen molar-refractivity contribution in [1.82, 2.24) is 15.1 Å². The summed E-state index contributed by atoms with van der Waals surface area (Å²) in [6.07, 6.45) is 4.51. The highest BCUT2D eigenvalue weighted by molar-refractivity contribution is 5.88. The van der Waals surface area contributed by atoms with Gasteiger partial charge in [0.05, 0.1) is 11.8 Å². The molecule has 1 atom stereocenters. The number of nitrogens with one attached hydrogen (secondary N) is 1. The number of esters is 1. The van der Waals surface area contributed by atoms with Crippen LogP contribution in [0.3, 0.4) is 0 Å². The smallest absolute Gasteiger partial charge is 0.341 e. The van der Waals surface area contributed by atoms with Gasteiger partial charge in [-0.3, -0.25) is 4.68 Å². The van der Waals surface area contributed by atoms with Crippen molar-refractivity contribution in [2.24, 2.45) is 5.92 Å². The molecule has 3 rings (SSSR count). The fourth-order valence-corrected chi connectivity index (χ4v) is 2.51. The monoisotopic (exact) mass is 285 g/mol. The van der Waals surface area contributed by atoms with Crippen LogP contribution in [0.4, 0.5) is 0 Å². The third-order valence-electron chi connectivity index (χ3n) is 3.69. The molecule has 2 heterocycles. The van der Waals surface area contributed by atoms with Crippen molar-refractivity contribution in [3.8, 4) is 0 Å². The summed E-state index contributed by atoms with van der Waals surface area (Å²) in [5.41, 5.74) is 1.49. The maximum atomic E-state index is 12.0. The molecule has 1 unspecified atom stereocenters. The van der Waals surface area contributed by atoms with Crippen LogP contribution in [0.2, 0.25) is 0 Å². The van der Waals surface area contributed by atoms with Crippen LogP contribution >= 0.6 is 0 Å². The van der Waals surface area contributed by atoms with E-state index in [2.05, 4.69) is 10.4 Å². The molecule has 0 saturated carbocycles. The molecule has 1 aliphatic rings. The number of hydrogen-bond donors (Lipinski definition) is 1. The van der Waals surface area contributed by atoms with Crippen molar-refractivity contribution >= 4 is 5.97 Å². The summed E-state index contributed by atoms with van der Waals surface area (Å²) < 4.78 is 7.12. The van der Waals surface area contributed by atoms with Gasteiger partial charge in [0.2, 0.25) is 0 Å². The lowest BCUT2D eigenvalue weighted by molar-refractivity contribution is 0.0472. The maximum Gasteiger partial charge on any atom is 0.341 e. The van der Waals surface area contributed by atoms with Crippen molar-refractivity contribution < 1.29 is 9.53 Å². The third-order valence-corrected chi connectivity index (χ3v) is 3.69. The molecule has 21 heavy (non-hydrogen) atoms. The van der Waals surface area contributed by atoms with Crippen molar-refractivity contribution in [3.63, 3.8) is 0 Å². The second-order valence-corrected chi connectivity index (χ2v) is 5.37. The fraction of sp³-hybridized carbons (Fsp3) is 0.375. The number of ether oxygens (including phenoxy) is 1. The molecular weight excluding hydrogens is 266 g/mol. The minimum Gasteiger partial charge on any atom is -0.457 e. The first-order valence-electron chi connectivity index (χ1n) is 7.25. The Balaban J connectivity index is 1.54. The van der Waals surface area contributed by atoms with Crippen LogP contribution < -0.4 is 5.32 Å². The lowest BCUT2D eigenvalue weighted by Crippen LogP contribution is -2.14. The first-order chi connectivity index (χ1) is 10.3. The molecule has 1 fully saturated rings. The molecule has 0 amide bonds.